The lowest BCUT2D eigenvalue weighted by atomic mass is 10.2. The van der Waals surface area contributed by atoms with Crippen LogP contribution in [0.15, 0.2) is 81.4 Å². The molecule has 0 bridgehead atoms. The summed E-state index contributed by atoms with van der Waals surface area (Å²) in [5.74, 6) is -4.31. The van der Waals surface area contributed by atoms with Crippen molar-refractivity contribution in [1.29, 1.82) is 0 Å². The van der Waals surface area contributed by atoms with E-state index in [0.29, 0.717) is 16.7 Å². The van der Waals surface area contributed by atoms with Gasteiger partial charge in [-0.15, -0.1) is 0 Å². The van der Waals surface area contributed by atoms with Crippen molar-refractivity contribution in [2.45, 2.75) is 35.5 Å². The van der Waals surface area contributed by atoms with Crippen LogP contribution in [0.1, 0.15) is 27.0 Å². The fourth-order valence-electron chi connectivity index (χ4n) is 3.60. The lowest BCUT2D eigenvalue weighted by Gasteiger charge is -2.17. The third kappa shape index (κ3) is 6.72. The van der Waals surface area contributed by atoms with E-state index in [1.54, 1.807) is 0 Å². The molecule has 232 valence electrons. The van der Waals surface area contributed by atoms with E-state index >= 15 is 0 Å². The third-order valence-corrected chi connectivity index (χ3v) is 9.86. The highest BCUT2D eigenvalue weighted by Crippen LogP contribution is 2.43. The lowest BCUT2D eigenvalue weighted by molar-refractivity contribution is 0.112. The predicted octanol–water partition coefficient (Wildman–Crippen LogP) is 3.84. The Labute approximate surface area is 252 Å². The van der Waals surface area contributed by atoms with Crippen molar-refractivity contribution in [2.24, 2.45) is 0 Å². The number of aryl methyl sites for hydroxylation is 3. The van der Waals surface area contributed by atoms with E-state index in [9.17, 15) is 45.4 Å². The molecule has 3 N–H and O–H groups in total. The molecule has 0 saturated carbocycles. The van der Waals surface area contributed by atoms with E-state index in [1.165, 1.54) is 39.0 Å². The summed E-state index contributed by atoms with van der Waals surface area (Å²) in [5, 5.41) is 30.1. The van der Waals surface area contributed by atoms with Gasteiger partial charge in [-0.3, -0.25) is 4.79 Å². The SMILES string of the molecule is Cc1ccc(S(=O)(=O)Oc2cc(C=O)cc(OS(=O)(=O)c3ccc(C)c(O)c3)c2OS(=O)(=O)c2ccc(C)c(O)c2)cc1O. The van der Waals surface area contributed by atoms with Gasteiger partial charge in [0.15, 0.2) is 11.5 Å². The van der Waals surface area contributed by atoms with Gasteiger partial charge in [0.05, 0.1) is 0 Å². The zero-order valence-corrected chi connectivity index (χ0v) is 25.5. The average molecular weight is 665 g/mol. The summed E-state index contributed by atoms with van der Waals surface area (Å²) in [7, 11) is -14.7. The van der Waals surface area contributed by atoms with E-state index in [2.05, 4.69) is 0 Å². The molecule has 0 atom stereocenters. The number of aldehydes is 1. The highest BCUT2D eigenvalue weighted by atomic mass is 32.2. The van der Waals surface area contributed by atoms with Crippen LogP contribution in [0, 0.1) is 20.8 Å². The quantitative estimate of drug-likeness (QED) is 0.163. The number of phenolic OH excluding ortho intramolecular Hbond substituents is 3. The van der Waals surface area contributed by atoms with Gasteiger partial charge in [0.2, 0.25) is 5.75 Å². The third-order valence-electron chi connectivity index (χ3n) is 6.18. The van der Waals surface area contributed by atoms with Crippen molar-refractivity contribution >= 4 is 36.6 Å². The molecule has 16 heteroatoms. The van der Waals surface area contributed by atoms with Crippen LogP contribution >= 0.6 is 0 Å². The monoisotopic (exact) mass is 664 g/mol. The van der Waals surface area contributed by atoms with Crippen molar-refractivity contribution in [3.05, 3.63) is 89.0 Å². The maximum absolute atomic E-state index is 13.3. The van der Waals surface area contributed by atoms with Crippen LogP contribution in [0.25, 0.3) is 0 Å². The van der Waals surface area contributed by atoms with Crippen molar-refractivity contribution in [2.75, 3.05) is 0 Å². The maximum atomic E-state index is 13.3. The van der Waals surface area contributed by atoms with Gasteiger partial charge < -0.3 is 27.9 Å². The number of benzene rings is 4. The average Bonchev–Trinajstić information content (AvgIpc) is 2.94. The Morgan fingerprint density at radius 2 is 0.841 bits per heavy atom. The van der Waals surface area contributed by atoms with E-state index < -0.39 is 85.1 Å². The largest absolute Gasteiger partial charge is 0.508 e. The summed E-state index contributed by atoms with van der Waals surface area (Å²) < 4.78 is 94.7. The van der Waals surface area contributed by atoms with Gasteiger partial charge in [0.1, 0.15) is 38.2 Å². The van der Waals surface area contributed by atoms with E-state index in [4.69, 9.17) is 12.5 Å². The fraction of sp³-hybridized carbons (Fsp3) is 0.107. The molecule has 4 aromatic carbocycles. The molecule has 0 aromatic heterocycles. The Morgan fingerprint density at radius 1 is 0.523 bits per heavy atom. The van der Waals surface area contributed by atoms with Crippen molar-refractivity contribution in [3.63, 3.8) is 0 Å². The highest BCUT2D eigenvalue weighted by molar-refractivity contribution is 7.87. The molecule has 13 nitrogen and oxygen atoms in total. The molecule has 4 aromatic rings. The number of hydrogen-bond acceptors (Lipinski definition) is 13. The minimum Gasteiger partial charge on any atom is -0.508 e. The normalized spacial score (nSPS) is 12.0. The first kappa shape index (κ1) is 32.1. The van der Waals surface area contributed by atoms with Gasteiger partial charge in [0, 0.05) is 23.8 Å². The predicted molar refractivity (Wildman–Crippen MR) is 154 cm³/mol. The van der Waals surface area contributed by atoms with Crippen LogP contribution in [-0.2, 0) is 30.4 Å². The van der Waals surface area contributed by atoms with Gasteiger partial charge in [-0.2, -0.15) is 25.3 Å². The molecule has 4 rings (SSSR count). The molecular formula is C28H24O13S3. The summed E-state index contributed by atoms with van der Waals surface area (Å²) >= 11 is 0. The number of hydrogen-bond donors (Lipinski definition) is 3. The topological polar surface area (TPSA) is 208 Å². The number of phenols is 3. The van der Waals surface area contributed by atoms with Crippen molar-refractivity contribution < 1.29 is 57.9 Å². The molecule has 44 heavy (non-hydrogen) atoms. The number of rotatable bonds is 10. The van der Waals surface area contributed by atoms with Gasteiger partial charge in [-0.25, -0.2) is 0 Å². The van der Waals surface area contributed by atoms with Crippen molar-refractivity contribution in [3.8, 4) is 34.5 Å². The minimum absolute atomic E-state index is 0.171. The van der Waals surface area contributed by atoms with Gasteiger partial charge in [0.25, 0.3) is 0 Å². The smallest absolute Gasteiger partial charge is 0.339 e. The molecule has 0 spiro atoms. The molecule has 0 radical (unpaired) electrons. The van der Waals surface area contributed by atoms with E-state index in [0.717, 1.165) is 48.5 Å². The zero-order valence-electron chi connectivity index (χ0n) is 23.1. The van der Waals surface area contributed by atoms with Crippen LogP contribution in [-0.4, -0.2) is 46.9 Å². The molecule has 0 saturated heterocycles. The van der Waals surface area contributed by atoms with Crippen LogP contribution in [0.2, 0.25) is 0 Å². The number of carbonyl (C=O) groups excluding carboxylic acids is 1. The summed E-state index contributed by atoms with van der Waals surface area (Å²) in [5.41, 5.74) is 0.543. The van der Waals surface area contributed by atoms with E-state index in [-0.39, 0.29) is 6.29 Å². The minimum atomic E-state index is -4.96. The second kappa shape index (κ2) is 11.7. The highest BCUT2D eigenvalue weighted by Gasteiger charge is 2.31. The summed E-state index contributed by atoms with van der Waals surface area (Å²) in [6.07, 6.45) is 0.171. The van der Waals surface area contributed by atoms with Crippen LogP contribution < -0.4 is 12.5 Å². The first-order chi connectivity index (χ1) is 20.4. The Hall–Kier alpha value is -4.80. The molecule has 0 aliphatic rings. The van der Waals surface area contributed by atoms with E-state index in [1.807, 2.05) is 0 Å². The first-order valence-corrected chi connectivity index (χ1v) is 16.5. The molecule has 0 aliphatic heterocycles. The van der Waals surface area contributed by atoms with Crippen molar-refractivity contribution in [1.82, 2.24) is 0 Å². The Morgan fingerprint density at radius 3 is 1.14 bits per heavy atom. The van der Waals surface area contributed by atoms with Crippen LogP contribution in [0.5, 0.6) is 34.5 Å². The summed E-state index contributed by atoms with van der Waals surface area (Å²) in [6, 6.07) is 11.0. The number of aromatic hydroxyl groups is 3. The molecule has 0 unspecified atom stereocenters. The lowest BCUT2D eigenvalue weighted by Crippen LogP contribution is -2.16. The molecule has 0 heterocycles. The Balaban J connectivity index is 1.92. The molecule has 0 amide bonds. The van der Waals surface area contributed by atoms with Gasteiger partial charge >= 0.3 is 30.4 Å². The second-order valence-corrected chi connectivity index (χ2v) is 14.1. The zero-order chi connectivity index (χ0) is 32.6. The molecular weight excluding hydrogens is 640 g/mol. The molecule has 0 fully saturated rings. The first-order valence-electron chi connectivity index (χ1n) is 12.3. The van der Waals surface area contributed by atoms with Gasteiger partial charge in [-0.05, 0) is 67.8 Å². The molecule has 0 aliphatic carbocycles. The Bertz CT molecular complexity index is 2020. The maximum Gasteiger partial charge on any atom is 0.339 e. The van der Waals surface area contributed by atoms with Crippen LogP contribution in [0.3, 0.4) is 0 Å². The fourth-order valence-corrected chi connectivity index (χ4v) is 6.46. The van der Waals surface area contributed by atoms with Crippen LogP contribution in [0.4, 0.5) is 0 Å². The second-order valence-electron chi connectivity index (χ2n) is 9.42. The number of carbonyl (C=O) groups is 1. The van der Waals surface area contributed by atoms with Gasteiger partial charge in [-0.1, -0.05) is 18.2 Å². The Kier molecular flexibility index (Phi) is 8.55. The summed E-state index contributed by atoms with van der Waals surface area (Å²) in [4.78, 5) is 9.99. The standard InChI is InChI=1S/C28H24O13S3/c1-16-4-7-20(12-23(16)30)42(33,34)39-26-10-19(15-29)11-27(40-43(35,36)21-8-5-17(2)24(31)13-21)28(26)41-44(37,38)22-9-6-18(3)25(32)14-22/h4-15,30-32H,1-3H3. The summed E-state index contributed by atoms with van der Waals surface area (Å²) in [6.45, 7) is 4.49.